The summed E-state index contributed by atoms with van der Waals surface area (Å²) in [6.45, 7) is 2.02. The van der Waals surface area contributed by atoms with E-state index in [1.165, 1.54) is 22.0 Å². The van der Waals surface area contributed by atoms with Crippen LogP contribution in [0.25, 0.3) is 10.8 Å². The van der Waals surface area contributed by atoms with Gasteiger partial charge in [-0.05, 0) is 34.5 Å². The second-order valence-electron chi connectivity index (χ2n) is 5.01. The minimum Gasteiger partial charge on any atom is -0.486 e. The molecule has 0 unspecified atom stereocenters. The van der Waals surface area contributed by atoms with Crippen LogP contribution in [0, 0.1) is 0 Å². The summed E-state index contributed by atoms with van der Waals surface area (Å²) in [5.74, 6) is 1.68. The maximum atomic E-state index is 5.62. The van der Waals surface area contributed by atoms with Gasteiger partial charge in [0.2, 0.25) is 0 Å². The van der Waals surface area contributed by atoms with Gasteiger partial charge in [-0.3, -0.25) is 0 Å². The van der Waals surface area contributed by atoms with Gasteiger partial charge in [0, 0.05) is 23.0 Å². The van der Waals surface area contributed by atoms with Crippen LogP contribution in [-0.2, 0) is 6.54 Å². The Labute approximate surface area is 127 Å². The van der Waals surface area contributed by atoms with E-state index < -0.39 is 0 Å². The van der Waals surface area contributed by atoms with Crippen molar-refractivity contribution in [3.05, 3.63) is 52.7 Å². The zero-order valence-corrected chi connectivity index (χ0v) is 12.3. The second-order valence-corrected chi connectivity index (χ2v) is 5.76. The molecule has 1 aromatic heterocycles. The largest absolute Gasteiger partial charge is 0.486 e. The molecule has 2 aromatic carbocycles. The van der Waals surface area contributed by atoms with Crippen molar-refractivity contribution < 1.29 is 9.47 Å². The van der Waals surface area contributed by atoms with Gasteiger partial charge in [-0.25, -0.2) is 0 Å². The molecule has 0 saturated carbocycles. The van der Waals surface area contributed by atoms with Gasteiger partial charge >= 0.3 is 0 Å². The third kappa shape index (κ3) is 2.43. The van der Waals surface area contributed by atoms with Crippen LogP contribution < -0.4 is 14.8 Å². The normalized spacial score (nSPS) is 13.3. The lowest BCUT2D eigenvalue weighted by Gasteiger charge is -2.19. The van der Waals surface area contributed by atoms with E-state index in [4.69, 9.17) is 9.47 Å². The number of anilines is 1. The first kappa shape index (κ1) is 12.5. The summed E-state index contributed by atoms with van der Waals surface area (Å²) in [5.41, 5.74) is 2.36. The molecule has 0 spiro atoms. The lowest BCUT2D eigenvalue weighted by atomic mass is 10.1. The van der Waals surface area contributed by atoms with Gasteiger partial charge in [0.1, 0.15) is 13.2 Å². The molecule has 0 amide bonds. The number of nitrogens with one attached hydrogen (secondary N) is 1. The Hall–Kier alpha value is -2.20. The fraction of sp³-hybridized carbons (Fsp3) is 0.176. The lowest BCUT2D eigenvalue weighted by molar-refractivity contribution is 0.171. The Morgan fingerprint density at radius 1 is 1.00 bits per heavy atom. The fourth-order valence-corrected chi connectivity index (χ4v) is 3.36. The number of benzene rings is 2. The zero-order valence-electron chi connectivity index (χ0n) is 11.5. The number of rotatable bonds is 3. The maximum Gasteiger partial charge on any atom is 0.161 e. The minimum atomic E-state index is 0.623. The van der Waals surface area contributed by atoms with E-state index in [2.05, 4.69) is 46.4 Å². The monoisotopic (exact) mass is 297 g/mol. The molecule has 0 bridgehead atoms. The van der Waals surface area contributed by atoms with E-state index >= 15 is 0 Å². The van der Waals surface area contributed by atoms with Crippen LogP contribution in [-0.4, -0.2) is 13.2 Å². The number of thiophene rings is 1. The molecule has 1 N–H and O–H groups in total. The van der Waals surface area contributed by atoms with E-state index in [1.54, 1.807) is 11.3 Å². The SMILES string of the molecule is c1cc(NCc2ccc3c(c2)OCCO3)c2cscc2c1. The Morgan fingerprint density at radius 3 is 2.86 bits per heavy atom. The van der Waals surface area contributed by atoms with E-state index in [0.717, 1.165) is 18.0 Å². The average Bonchev–Trinajstić information content (AvgIpc) is 3.02. The lowest BCUT2D eigenvalue weighted by Crippen LogP contribution is -2.15. The fourth-order valence-electron chi connectivity index (χ4n) is 2.54. The summed E-state index contributed by atoms with van der Waals surface area (Å²) in [5, 5.41) is 10.4. The highest BCUT2D eigenvalue weighted by atomic mass is 32.1. The van der Waals surface area contributed by atoms with E-state index in [9.17, 15) is 0 Å². The number of ether oxygens (including phenoxy) is 2. The van der Waals surface area contributed by atoms with Crippen molar-refractivity contribution in [3.63, 3.8) is 0 Å². The van der Waals surface area contributed by atoms with Crippen molar-refractivity contribution in [1.29, 1.82) is 0 Å². The summed E-state index contributed by atoms with van der Waals surface area (Å²) < 4.78 is 11.2. The van der Waals surface area contributed by atoms with Crippen LogP contribution in [0.1, 0.15) is 5.56 Å². The summed E-state index contributed by atoms with van der Waals surface area (Å²) in [6, 6.07) is 12.5. The van der Waals surface area contributed by atoms with E-state index in [-0.39, 0.29) is 0 Å². The van der Waals surface area contributed by atoms with Crippen molar-refractivity contribution in [2.24, 2.45) is 0 Å². The van der Waals surface area contributed by atoms with Crippen LogP contribution in [0.5, 0.6) is 11.5 Å². The Kier molecular flexibility index (Phi) is 3.16. The Morgan fingerprint density at radius 2 is 1.90 bits per heavy atom. The highest BCUT2D eigenvalue weighted by Crippen LogP contribution is 2.31. The maximum absolute atomic E-state index is 5.62. The summed E-state index contributed by atoms with van der Waals surface area (Å²) in [4.78, 5) is 0. The zero-order chi connectivity index (χ0) is 14.1. The van der Waals surface area contributed by atoms with Gasteiger partial charge in [-0.1, -0.05) is 18.2 Å². The van der Waals surface area contributed by atoms with Gasteiger partial charge in [0.25, 0.3) is 0 Å². The van der Waals surface area contributed by atoms with Crippen molar-refractivity contribution in [1.82, 2.24) is 0 Å². The molecular weight excluding hydrogens is 282 g/mol. The van der Waals surface area contributed by atoms with Crippen molar-refractivity contribution in [2.75, 3.05) is 18.5 Å². The topological polar surface area (TPSA) is 30.5 Å². The Bertz CT molecular complexity index is 781. The number of hydrogen-bond donors (Lipinski definition) is 1. The average molecular weight is 297 g/mol. The van der Waals surface area contributed by atoms with Gasteiger partial charge in [-0.2, -0.15) is 11.3 Å². The van der Waals surface area contributed by atoms with Gasteiger partial charge < -0.3 is 14.8 Å². The molecule has 3 nitrogen and oxygen atoms in total. The highest BCUT2D eigenvalue weighted by Gasteiger charge is 2.11. The van der Waals surface area contributed by atoms with Crippen LogP contribution >= 0.6 is 11.3 Å². The molecule has 106 valence electrons. The third-order valence-corrected chi connectivity index (χ3v) is 4.37. The molecule has 0 saturated heterocycles. The first-order chi connectivity index (χ1) is 10.4. The van der Waals surface area contributed by atoms with Crippen molar-refractivity contribution >= 4 is 27.8 Å². The van der Waals surface area contributed by atoms with Gasteiger partial charge in [0.15, 0.2) is 11.5 Å². The second kappa shape index (κ2) is 5.30. The molecule has 1 aliphatic rings. The molecule has 4 rings (SSSR count). The van der Waals surface area contributed by atoms with Gasteiger partial charge in [0.05, 0.1) is 0 Å². The Balaban J connectivity index is 1.55. The smallest absolute Gasteiger partial charge is 0.161 e. The first-order valence-corrected chi connectivity index (χ1v) is 7.92. The quantitative estimate of drug-likeness (QED) is 0.782. The molecule has 21 heavy (non-hydrogen) atoms. The van der Waals surface area contributed by atoms with Crippen LogP contribution in [0.3, 0.4) is 0 Å². The molecule has 0 fully saturated rings. The molecule has 2 heterocycles. The molecule has 0 radical (unpaired) electrons. The molecule has 3 aromatic rings. The van der Waals surface area contributed by atoms with E-state index in [1.807, 2.05) is 6.07 Å². The van der Waals surface area contributed by atoms with Crippen molar-refractivity contribution in [2.45, 2.75) is 6.54 Å². The highest BCUT2D eigenvalue weighted by molar-refractivity contribution is 7.09. The summed E-state index contributed by atoms with van der Waals surface area (Å²) in [6.07, 6.45) is 0. The first-order valence-electron chi connectivity index (χ1n) is 6.97. The third-order valence-electron chi connectivity index (χ3n) is 3.61. The number of fused-ring (bicyclic) bond motifs is 2. The predicted octanol–water partition coefficient (Wildman–Crippen LogP) is 4.28. The minimum absolute atomic E-state index is 0.623. The van der Waals surface area contributed by atoms with E-state index in [0.29, 0.717) is 13.2 Å². The molecule has 1 aliphatic heterocycles. The summed E-state index contributed by atoms with van der Waals surface area (Å²) in [7, 11) is 0. The van der Waals surface area contributed by atoms with Crippen molar-refractivity contribution in [3.8, 4) is 11.5 Å². The molecule has 4 heteroatoms. The standard InChI is InChI=1S/C17H15NO2S/c1-2-13-10-21-11-14(13)15(3-1)18-9-12-4-5-16-17(8-12)20-7-6-19-16/h1-5,8,10-11,18H,6-7,9H2. The molecule has 0 aliphatic carbocycles. The van der Waals surface area contributed by atoms with Crippen LogP contribution in [0.2, 0.25) is 0 Å². The molecular formula is C17H15NO2S. The number of hydrogen-bond acceptors (Lipinski definition) is 4. The molecule has 0 atom stereocenters. The summed E-state index contributed by atoms with van der Waals surface area (Å²) >= 11 is 1.73. The predicted molar refractivity (Wildman–Crippen MR) is 86.6 cm³/mol. The van der Waals surface area contributed by atoms with Gasteiger partial charge in [-0.15, -0.1) is 0 Å². The van der Waals surface area contributed by atoms with Crippen LogP contribution in [0.15, 0.2) is 47.2 Å². The van der Waals surface area contributed by atoms with Crippen LogP contribution in [0.4, 0.5) is 5.69 Å².